The van der Waals surface area contributed by atoms with Crippen LogP contribution in [0.4, 0.5) is 5.82 Å². The Morgan fingerprint density at radius 2 is 2.00 bits per heavy atom. The van der Waals surface area contributed by atoms with E-state index in [4.69, 9.17) is 11.6 Å². The Morgan fingerprint density at radius 1 is 1.32 bits per heavy atom. The van der Waals surface area contributed by atoms with Crippen LogP contribution in [0.2, 0.25) is 5.02 Å². The number of hydrogen-bond acceptors (Lipinski definition) is 3. The largest absolute Gasteiger partial charge is 0.355 e. The normalized spacial score (nSPS) is 27.0. The van der Waals surface area contributed by atoms with Crippen molar-refractivity contribution in [1.29, 1.82) is 0 Å². The third-order valence-corrected chi connectivity index (χ3v) is 4.62. The second-order valence-electron chi connectivity index (χ2n) is 6.16. The minimum Gasteiger partial charge on any atom is -0.355 e. The van der Waals surface area contributed by atoms with Gasteiger partial charge in [0.05, 0.1) is 5.02 Å². The number of halogens is 1. The quantitative estimate of drug-likeness (QED) is 0.918. The molecule has 1 aliphatic heterocycles. The van der Waals surface area contributed by atoms with Crippen LogP contribution in [0.25, 0.3) is 0 Å². The Labute approximate surface area is 120 Å². The zero-order valence-corrected chi connectivity index (χ0v) is 12.5. The molecule has 1 aromatic rings. The molecule has 3 nitrogen and oxygen atoms in total. The SMILES string of the molecule is CC1CN(c2ncc(CNC3CC3)cc2Cl)CC1C. The Kier molecular flexibility index (Phi) is 3.68. The summed E-state index contributed by atoms with van der Waals surface area (Å²) in [6.45, 7) is 7.60. The number of nitrogens with zero attached hydrogens (tertiary/aromatic N) is 2. The molecule has 0 amide bonds. The van der Waals surface area contributed by atoms with Crippen molar-refractivity contribution in [2.45, 2.75) is 39.3 Å². The van der Waals surface area contributed by atoms with Crippen LogP contribution in [0.1, 0.15) is 32.3 Å². The van der Waals surface area contributed by atoms with Crippen LogP contribution in [0.15, 0.2) is 12.3 Å². The summed E-state index contributed by atoms with van der Waals surface area (Å²) in [5.74, 6) is 2.39. The number of hydrogen-bond donors (Lipinski definition) is 1. The molecule has 2 fully saturated rings. The molecule has 4 heteroatoms. The van der Waals surface area contributed by atoms with E-state index in [2.05, 4.69) is 35.1 Å². The minimum atomic E-state index is 0.717. The minimum absolute atomic E-state index is 0.717. The van der Waals surface area contributed by atoms with Crippen molar-refractivity contribution in [3.63, 3.8) is 0 Å². The van der Waals surface area contributed by atoms with Crippen molar-refractivity contribution in [3.05, 3.63) is 22.8 Å². The Balaban J connectivity index is 1.68. The molecule has 2 heterocycles. The third kappa shape index (κ3) is 3.03. The predicted molar refractivity (Wildman–Crippen MR) is 79.6 cm³/mol. The first-order valence-electron chi connectivity index (χ1n) is 7.26. The summed E-state index contributed by atoms with van der Waals surface area (Å²) < 4.78 is 0. The molecule has 1 N–H and O–H groups in total. The van der Waals surface area contributed by atoms with Gasteiger partial charge in [-0.1, -0.05) is 25.4 Å². The third-order valence-electron chi connectivity index (χ3n) is 4.34. The van der Waals surface area contributed by atoms with E-state index in [1.807, 2.05) is 6.20 Å². The van der Waals surface area contributed by atoms with Crippen LogP contribution in [-0.4, -0.2) is 24.1 Å². The topological polar surface area (TPSA) is 28.2 Å². The summed E-state index contributed by atoms with van der Waals surface area (Å²) in [6.07, 6.45) is 4.58. The van der Waals surface area contributed by atoms with Crippen molar-refractivity contribution in [1.82, 2.24) is 10.3 Å². The molecule has 2 aliphatic rings. The summed E-state index contributed by atoms with van der Waals surface area (Å²) in [6, 6.07) is 2.78. The fourth-order valence-electron chi connectivity index (χ4n) is 2.65. The Morgan fingerprint density at radius 3 is 2.58 bits per heavy atom. The molecule has 2 unspecified atom stereocenters. The van der Waals surface area contributed by atoms with Crippen molar-refractivity contribution >= 4 is 17.4 Å². The maximum Gasteiger partial charge on any atom is 0.147 e. The lowest BCUT2D eigenvalue weighted by molar-refractivity contribution is 0.494. The Bertz CT molecular complexity index is 449. The molecule has 0 bridgehead atoms. The molecule has 3 rings (SSSR count). The van der Waals surface area contributed by atoms with Gasteiger partial charge in [0, 0.05) is 31.9 Å². The fourth-order valence-corrected chi connectivity index (χ4v) is 2.96. The molecular formula is C15H22ClN3. The molecule has 0 aromatic carbocycles. The molecule has 1 saturated carbocycles. The van der Waals surface area contributed by atoms with E-state index < -0.39 is 0 Å². The average Bonchev–Trinajstić information content (AvgIpc) is 3.14. The standard InChI is InChI=1S/C15H22ClN3/c1-10-8-19(9-11(10)2)15-14(16)5-12(7-18-15)6-17-13-3-4-13/h5,7,10-11,13,17H,3-4,6,8-9H2,1-2H3. The molecular weight excluding hydrogens is 258 g/mol. The lowest BCUT2D eigenvalue weighted by atomic mass is 10.0. The molecule has 19 heavy (non-hydrogen) atoms. The molecule has 1 aromatic heterocycles. The van der Waals surface area contributed by atoms with Crippen molar-refractivity contribution in [3.8, 4) is 0 Å². The lowest BCUT2D eigenvalue weighted by Crippen LogP contribution is -2.21. The summed E-state index contributed by atoms with van der Waals surface area (Å²) in [4.78, 5) is 6.90. The Hall–Kier alpha value is -0.800. The number of aromatic nitrogens is 1. The van der Waals surface area contributed by atoms with E-state index in [1.165, 1.54) is 18.4 Å². The molecule has 1 saturated heterocycles. The van der Waals surface area contributed by atoms with Crippen LogP contribution in [0, 0.1) is 11.8 Å². The van der Waals surface area contributed by atoms with E-state index in [0.717, 1.165) is 36.5 Å². The number of pyridine rings is 1. The second kappa shape index (κ2) is 5.29. The van der Waals surface area contributed by atoms with Crippen LogP contribution < -0.4 is 10.2 Å². The highest BCUT2D eigenvalue weighted by molar-refractivity contribution is 6.33. The second-order valence-corrected chi connectivity index (χ2v) is 6.57. The van der Waals surface area contributed by atoms with Gasteiger partial charge in [0.2, 0.25) is 0 Å². The molecule has 0 spiro atoms. The zero-order chi connectivity index (χ0) is 13.4. The predicted octanol–water partition coefficient (Wildman–Crippen LogP) is 3.08. The van der Waals surface area contributed by atoms with Gasteiger partial charge in [-0.15, -0.1) is 0 Å². The molecule has 104 valence electrons. The highest BCUT2D eigenvalue weighted by Gasteiger charge is 2.28. The van der Waals surface area contributed by atoms with Crippen LogP contribution >= 0.6 is 11.6 Å². The summed E-state index contributed by atoms with van der Waals surface area (Å²) >= 11 is 6.40. The van der Waals surface area contributed by atoms with Crippen LogP contribution in [0.3, 0.4) is 0 Å². The van der Waals surface area contributed by atoms with Gasteiger partial charge in [0.1, 0.15) is 5.82 Å². The van der Waals surface area contributed by atoms with Gasteiger partial charge < -0.3 is 10.2 Å². The molecule has 1 aliphatic carbocycles. The van der Waals surface area contributed by atoms with Crippen LogP contribution in [0.5, 0.6) is 0 Å². The summed E-state index contributed by atoms with van der Waals surface area (Å²) in [5.41, 5.74) is 1.18. The van der Waals surface area contributed by atoms with Gasteiger partial charge in [0.25, 0.3) is 0 Å². The van der Waals surface area contributed by atoms with E-state index in [1.54, 1.807) is 0 Å². The van der Waals surface area contributed by atoms with E-state index in [0.29, 0.717) is 11.8 Å². The first-order chi connectivity index (χ1) is 9.13. The van der Waals surface area contributed by atoms with Gasteiger partial charge in [-0.2, -0.15) is 0 Å². The molecule has 0 radical (unpaired) electrons. The lowest BCUT2D eigenvalue weighted by Gasteiger charge is -2.19. The fraction of sp³-hybridized carbons (Fsp3) is 0.667. The number of rotatable bonds is 4. The van der Waals surface area contributed by atoms with Crippen LogP contribution in [-0.2, 0) is 6.54 Å². The highest BCUT2D eigenvalue weighted by atomic mass is 35.5. The maximum atomic E-state index is 6.40. The smallest absolute Gasteiger partial charge is 0.147 e. The summed E-state index contributed by atoms with van der Waals surface area (Å²) in [5, 5.41) is 4.28. The zero-order valence-electron chi connectivity index (χ0n) is 11.7. The van der Waals surface area contributed by atoms with Gasteiger partial charge in [-0.25, -0.2) is 4.98 Å². The van der Waals surface area contributed by atoms with Crippen molar-refractivity contribution in [2.24, 2.45) is 11.8 Å². The van der Waals surface area contributed by atoms with Gasteiger partial charge in [-0.3, -0.25) is 0 Å². The highest BCUT2D eigenvalue weighted by Crippen LogP contribution is 2.31. The monoisotopic (exact) mass is 279 g/mol. The number of anilines is 1. The van der Waals surface area contributed by atoms with Gasteiger partial charge in [0.15, 0.2) is 0 Å². The summed E-state index contributed by atoms with van der Waals surface area (Å²) in [7, 11) is 0. The maximum absolute atomic E-state index is 6.40. The van der Waals surface area contributed by atoms with Gasteiger partial charge in [-0.05, 0) is 36.3 Å². The first-order valence-corrected chi connectivity index (χ1v) is 7.64. The van der Waals surface area contributed by atoms with Crippen molar-refractivity contribution in [2.75, 3.05) is 18.0 Å². The number of nitrogens with one attached hydrogen (secondary N) is 1. The molecule has 2 atom stereocenters. The van der Waals surface area contributed by atoms with E-state index >= 15 is 0 Å². The first kappa shape index (κ1) is 13.2. The van der Waals surface area contributed by atoms with Crippen molar-refractivity contribution < 1.29 is 0 Å². The average molecular weight is 280 g/mol. The van der Waals surface area contributed by atoms with Gasteiger partial charge >= 0.3 is 0 Å². The van der Waals surface area contributed by atoms with E-state index in [9.17, 15) is 0 Å². The van der Waals surface area contributed by atoms with E-state index in [-0.39, 0.29) is 0 Å².